The molecule has 0 bridgehead atoms. The van der Waals surface area contributed by atoms with E-state index < -0.39 is 28.8 Å². The number of pyridine rings is 1. The number of benzene rings is 1. The van der Waals surface area contributed by atoms with Gasteiger partial charge in [-0.3, -0.25) is 9.20 Å². The summed E-state index contributed by atoms with van der Waals surface area (Å²) in [6, 6.07) is 11.9. The molecule has 152 valence electrons. The van der Waals surface area contributed by atoms with E-state index in [9.17, 15) is 22.0 Å². The van der Waals surface area contributed by atoms with E-state index in [2.05, 4.69) is 10.3 Å². The molecule has 0 unspecified atom stereocenters. The van der Waals surface area contributed by atoms with E-state index in [1.807, 2.05) is 6.07 Å². The lowest BCUT2D eigenvalue weighted by Crippen LogP contribution is -2.42. The Kier molecular flexibility index (Phi) is 4.83. The van der Waals surface area contributed by atoms with Crippen LogP contribution in [-0.4, -0.2) is 47.0 Å². The summed E-state index contributed by atoms with van der Waals surface area (Å²) in [5.74, 6) is -3.20. The van der Waals surface area contributed by atoms with E-state index in [0.717, 1.165) is 4.31 Å². The maximum absolute atomic E-state index is 13.4. The van der Waals surface area contributed by atoms with Crippen LogP contribution in [0.4, 0.5) is 14.5 Å². The van der Waals surface area contributed by atoms with Crippen molar-refractivity contribution in [2.45, 2.75) is 23.8 Å². The number of imidazole rings is 1. The van der Waals surface area contributed by atoms with Crippen molar-refractivity contribution in [2.75, 3.05) is 18.4 Å². The topological polar surface area (TPSA) is 83.8 Å². The highest BCUT2D eigenvalue weighted by Crippen LogP contribution is 2.30. The van der Waals surface area contributed by atoms with Gasteiger partial charge in [-0.25, -0.2) is 22.2 Å². The van der Waals surface area contributed by atoms with E-state index in [1.165, 1.54) is 28.9 Å². The van der Waals surface area contributed by atoms with Gasteiger partial charge in [0.1, 0.15) is 5.65 Å². The molecule has 0 spiro atoms. The van der Waals surface area contributed by atoms with E-state index >= 15 is 0 Å². The third-order valence-electron chi connectivity index (χ3n) is 4.83. The number of nitrogens with zero attached hydrogens (tertiary/aromatic N) is 3. The van der Waals surface area contributed by atoms with Crippen molar-refractivity contribution >= 4 is 27.3 Å². The second kappa shape index (κ2) is 7.20. The van der Waals surface area contributed by atoms with Crippen LogP contribution in [0.1, 0.15) is 23.2 Å². The molecular formula is C19H18F2N4O3S. The largest absolute Gasteiger partial charge is 0.322 e. The lowest BCUT2D eigenvalue weighted by Gasteiger charge is -2.30. The first kappa shape index (κ1) is 19.5. The van der Waals surface area contributed by atoms with E-state index in [-0.39, 0.29) is 29.7 Å². The Hall–Kier alpha value is -2.85. The monoisotopic (exact) mass is 420 g/mol. The minimum absolute atomic E-state index is 0.118. The average molecular weight is 420 g/mol. The third kappa shape index (κ3) is 3.85. The number of rotatable bonds is 4. The molecule has 29 heavy (non-hydrogen) atoms. The second-order valence-electron chi connectivity index (χ2n) is 6.82. The van der Waals surface area contributed by atoms with Crippen molar-refractivity contribution in [2.24, 2.45) is 0 Å². The van der Waals surface area contributed by atoms with Gasteiger partial charge in [0, 0.05) is 43.4 Å². The van der Waals surface area contributed by atoms with Gasteiger partial charge in [0.25, 0.3) is 21.9 Å². The summed E-state index contributed by atoms with van der Waals surface area (Å²) in [5, 5.41) is 2.63. The molecule has 4 rings (SSSR count). The summed E-state index contributed by atoms with van der Waals surface area (Å²) in [6.07, 6.45) is 1.60. The van der Waals surface area contributed by atoms with Crippen LogP contribution >= 0.6 is 0 Å². The first-order valence-electron chi connectivity index (χ1n) is 8.98. The van der Waals surface area contributed by atoms with Crippen LogP contribution in [0.25, 0.3) is 5.65 Å². The Morgan fingerprint density at radius 1 is 1.10 bits per heavy atom. The molecule has 3 aromatic rings. The number of anilines is 1. The zero-order valence-electron chi connectivity index (χ0n) is 15.3. The van der Waals surface area contributed by atoms with E-state index in [1.54, 1.807) is 24.3 Å². The normalized spacial score (nSPS) is 17.3. The van der Waals surface area contributed by atoms with Gasteiger partial charge in [0.2, 0.25) is 0 Å². The standard InChI is InChI=1S/C19H18F2N4O3S/c20-19(21)7-10-24(11-8-19)29(27,28)17-13-22-16-12-14(6-9-25(16)17)18(26)23-15-4-2-1-3-5-15/h1-6,9,12-13H,7-8,10-11H2,(H,23,26). The lowest BCUT2D eigenvalue weighted by atomic mass is 10.1. The molecule has 0 radical (unpaired) electrons. The summed E-state index contributed by atoms with van der Waals surface area (Å²) in [5.41, 5.74) is 1.21. The molecular weight excluding hydrogens is 402 g/mol. The molecule has 1 aromatic carbocycles. The number of amides is 1. The minimum atomic E-state index is -3.98. The number of piperidine rings is 1. The lowest BCUT2D eigenvalue weighted by molar-refractivity contribution is -0.0412. The quantitative estimate of drug-likeness (QED) is 0.703. The van der Waals surface area contributed by atoms with Crippen LogP contribution in [0, 0.1) is 0 Å². The summed E-state index contributed by atoms with van der Waals surface area (Å²) in [6.45, 7) is -0.500. The Bertz CT molecular complexity index is 1150. The molecule has 10 heteroatoms. The number of hydrogen-bond donors (Lipinski definition) is 1. The van der Waals surface area contributed by atoms with Gasteiger partial charge in [0.15, 0.2) is 5.03 Å². The highest BCUT2D eigenvalue weighted by molar-refractivity contribution is 7.89. The molecule has 0 saturated carbocycles. The van der Waals surface area contributed by atoms with Crippen LogP contribution in [0.2, 0.25) is 0 Å². The van der Waals surface area contributed by atoms with Crippen molar-refractivity contribution in [3.8, 4) is 0 Å². The zero-order valence-corrected chi connectivity index (χ0v) is 16.1. The number of sulfonamides is 1. The smallest absolute Gasteiger partial charge is 0.260 e. The van der Waals surface area contributed by atoms with Crippen LogP contribution in [0.15, 0.2) is 59.9 Å². The van der Waals surface area contributed by atoms with Crippen molar-refractivity contribution in [3.05, 3.63) is 60.4 Å². The van der Waals surface area contributed by atoms with Gasteiger partial charge >= 0.3 is 0 Å². The molecule has 0 aliphatic carbocycles. The fourth-order valence-corrected chi connectivity index (χ4v) is 4.72. The number of halogens is 2. The average Bonchev–Trinajstić information content (AvgIpc) is 3.12. The fourth-order valence-electron chi connectivity index (χ4n) is 3.20. The number of carbonyl (C=O) groups is 1. The molecule has 1 saturated heterocycles. The molecule has 1 fully saturated rings. The van der Waals surface area contributed by atoms with Crippen molar-refractivity contribution in [1.82, 2.24) is 13.7 Å². The summed E-state index contributed by atoms with van der Waals surface area (Å²) >= 11 is 0. The number of alkyl halides is 2. The van der Waals surface area contributed by atoms with E-state index in [0.29, 0.717) is 11.3 Å². The predicted octanol–water partition coefficient (Wildman–Crippen LogP) is 3.01. The Balaban J connectivity index is 1.59. The Morgan fingerprint density at radius 3 is 2.48 bits per heavy atom. The highest BCUT2D eigenvalue weighted by atomic mass is 32.2. The molecule has 0 atom stereocenters. The highest BCUT2D eigenvalue weighted by Gasteiger charge is 2.39. The maximum atomic E-state index is 13.4. The molecule has 1 amide bonds. The summed E-state index contributed by atoms with van der Waals surface area (Å²) < 4.78 is 54.9. The Labute approximate surface area is 166 Å². The van der Waals surface area contributed by atoms with Gasteiger partial charge in [-0.05, 0) is 24.3 Å². The maximum Gasteiger partial charge on any atom is 0.260 e. The van der Waals surface area contributed by atoms with Crippen molar-refractivity contribution in [3.63, 3.8) is 0 Å². The van der Waals surface area contributed by atoms with Crippen LogP contribution in [-0.2, 0) is 10.0 Å². The van der Waals surface area contributed by atoms with Crippen LogP contribution in [0.5, 0.6) is 0 Å². The van der Waals surface area contributed by atoms with Gasteiger partial charge < -0.3 is 5.32 Å². The molecule has 2 aromatic heterocycles. The van der Waals surface area contributed by atoms with Crippen LogP contribution < -0.4 is 5.32 Å². The third-order valence-corrected chi connectivity index (χ3v) is 6.71. The molecule has 1 aliphatic heterocycles. The molecule has 1 aliphatic rings. The Morgan fingerprint density at radius 2 is 1.79 bits per heavy atom. The summed E-state index contributed by atoms with van der Waals surface area (Å²) in [7, 11) is -3.98. The molecule has 1 N–H and O–H groups in total. The number of aromatic nitrogens is 2. The van der Waals surface area contributed by atoms with Gasteiger partial charge in [-0.15, -0.1) is 0 Å². The minimum Gasteiger partial charge on any atom is -0.322 e. The van der Waals surface area contributed by atoms with Gasteiger partial charge in [-0.2, -0.15) is 4.31 Å². The number of carbonyl (C=O) groups excluding carboxylic acids is 1. The second-order valence-corrected chi connectivity index (χ2v) is 8.71. The first-order chi connectivity index (χ1) is 13.8. The van der Waals surface area contributed by atoms with Crippen LogP contribution in [0.3, 0.4) is 0 Å². The zero-order chi connectivity index (χ0) is 20.6. The van der Waals surface area contributed by atoms with Crippen molar-refractivity contribution < 1.29 is 22.0 Å². The predicted molar refractivity (Wildman–Crippen MR) is 103 cm³/mol. The number of fused-ring (bicyclic) bond motifs is 1. The van der Waals surface area contributed by atoms with Crippen molar-refractivity contribution in [1.29, 1.82) is 0 Å². The SMILES string of the molecule is O=C(Nc1ccccc1)c1ccn2c(S(=O)(=O)N3CCC(F)(F)CC3)cnc2c1. The first-order valence-corrected chi connectivity index (χ1v) is 10.4. The fraction of sp³-hybridized carbons (Fsp3) is 0.263. The van der Waals surface area contributed by atoms with Gasteiger partial charge in [-0.1, -0.05) is 18.2 Å². The number of nitrogens with one attached hydrogen (secondary N) is 1. The van der Waals surface area contributed by atoms with E-state index in [4.69, 9.17) is 0 Å². The summed E-state index contributed by atoms with van der Waals surface area (Å²) in [4.78, 5) is 16.5. The molecule has 7 nitrogen and oxygen atoms in total. The van der Waals surface area contributed by atoms with Gasteiger partial charge in [0.05, 0.1) is 6.20 Å². The molecule has 3 heterocycles. The number of hydrogen-bond acceptors (Lipinski definition) is 4. The number of para-hydroxylation sites is 1.